The molecule has 0 saturated carbocycles. The SMILES string of the molecule is CC(C)(C)C1(O[Si](c2ccccc2)(c2ccccc2)C(C)(C)C)CN(C(=O)O)CCC1=O. The maximum absolute atomic E-state index is 13.7. The van der Waals surface area contributed by atoms with Gasteiger partial charge >= 0.3 is 6.09 Å². The molecule has 1 aliphatic heterocycles. The maximum Gasteiger partial charge on any atom is 0.407 e. The number of Topliss-reactive ketones (excluding diaryl/α,β-unsaturated/α-hetero) is 1. The minimum absolute atomic E-state index is 0.0181. The number of rotatable bonds is 4. The standard InChI is InChI=1S/C26H35NO4Si/c1-24(2,3)26(19-27(23(29)30)18-17-22(26)28)31-32(25(4,5)6,20-13-9-7-10-14-20)21-15-11-8-12-16-21/h7-16H,17-19H2,1-6H3,(H,29,30). The van der Waals surface area contributed by atoms with E-state index in [9.17, 15) is 14.7 Å². The number of hydrogen-bond acceptors (Lipinski definition) is 3. The molecule has 2 aromatic carbocycles. The number of benzene rings is 2. The van der Waals surface area contributed by atoms with E-state index in [0.717, 1.165) is 10.4 Å². The van der Waals surface area contributed by atoms with Crippen LogP contribution < -0.4 is 10.4 Å². The van der Waals surface area contributed by atoms with Crippen LogP contribution in [0.15, 0.2) is 60.7 Å². The van der Waals surface area contributed by atoms with Gasteiger partial charge in [0.1, 0.15) is 5.60 Å². The Bertz CT molecular complexity index is 923. The molecule has 1 aliphatic rings. The lowest BCUT2D eigenvalue weighted by molar-refractivity contribution is -0.154. The molecule has 1 atom stereocenters. The molecule has 0 spiro atoms. The molecule has 172 valence electrons. The summed E-state index contributed by atoms with van der Waals surface area (Å²) in [4.78, 5) is 27.0. The van der Waals surface area contributed by atoms with Gasteiger partial charge in [0.15, 0.2) is 5.78 Å². The molecule has 1 fully saturated rings. The smallest absolute Gasteiger partial charge is 0.407 e. The number of piperidine rings is 1. The zero-order valence-electron chi connectivity index (χ0n) is 20.0. The van der Waals surface area contributed by atoms with Gasteiger partial charge in [-0.15, -0.1) is 0 Å². The van der Waals surface area contributed by atoms with Gasteiger partial charge in [0, 0.05) is 13.0 Å². The summed E-state index contributed by atoms with van der Waals surface area (Å²) in [6.07, 6.45) is -0.862. The largest absolute Gasteiger partial charge is 0.465 e. The van der Waals surface area contributed by atoms with Gasteiger partial charge in [0.05, 0.1) is 6.54 Å². The Morgan fingerprint density at radius 2 is 1.41 bits per heavy atom. The van der Waals surface area contributed by atoms with Crippen molar-refractivity contribution in [1.29, 1.82) is 0 Å². The fourth-order valence-corrected chi connectivity index (χ4v) is 9.78. The van der Waals surface area contributed by atoms with Crippen molar-refractivity contribution in [2.45, 2.75) is 58.6 Å². The van der Waals surface area contributed by atoms with Gasteiger partial charge in [-0.3, -0.25) is 4.79 Å². The Labute approximate surface area is 192 Å². The highest BCUT2D eigenvalue weighted by Gasteiger charge is 2.61. The summed E-state index contributed by atoms with van der Waals surface area (Å²) in [6, 6.07) is 20.3. The number of ketones is 1. The fourth-order valence-electron chi connectivity index (χ4n) is 4.85. The Morgan fingerprint density at radius 1 is 0.938 bits per heavy atom. The van der Waals surface area contributed by atoms with Gasteiger partial charge in [0.2, 0.25) is 0 Å². The van der Waals surface area contributed by atoms with Crippen LogP contribution in [0.4, 0.5) is 4.79 Å². The number of carbonyl (C=O) groups is 2. The number of likely N-dealkylation sites (tertiary alicyclic amines) is 1. The van der Waals surface area contributed by atoms with Gasteiger partial charge in [-0.2, -0.15) is 0 Å². The average Bonchev–Trinajstić information content (AvgIpc) is 2.72. The Kier molecular flexibility index (Phi) is 6.42. The van der Waals surface area contributed by atoms with Crippen LogP contribution in [0.2, 0.25) is 5.04 Å². The zero-order chi connectivity index (χ0) is 23.8. The minimum atomic E-state index is -3.07. The van der Waals surface area contributed by atoms with E-state index in [4.69, 9.17) is 4.43 Å². The van der Waals surface area contributed by atoms with Crippen LogP contribution in [0.25, 0.3) is 0 Å². The van der Waals surface area contributed by atoms with Gasteiger partial charge < -0.3 is 14.4 Å². The number of hydrogen-bond donors (Lipinski definition) is 1. The third-order valence-corrected chi connectivity index (χ3v) is 11.8. The van der Waals surface area contributed by atoms with Crippen LogP contribution in [0.3, 0.4) is 0 Å². The minimum Gasteiger partial charge on any atom is -0.465 e. The van der Waals surface area contributed by atoms with Crippen LogP contribution in [0.1, 0.15) is 48.0 Å². The second kappa shape index (κ2) is 8.48. The third kappa shape index (κ3) is 4.02. The summed E-state index contributed by atoms with van der Waals surface area (Å²) < 4.78 is 7.34. The zero-order valence-corrected chi connectivity index (χ0v) is 21.0. The molecule has 0 aromatic heterocycles. The van der Waals surface area contributed by atoms with E-state index in [0.29, 0.717) is 0 Å². The molecule has 2 aromatic rings. The van der Waals surface area contributed by atoms with Crippen molar-refractivity contribution in [2.75, 3.05) is 13.1 Å². The van der Waals surface area contributed by atoms with Crippen molar-refractivity contribution in [3.8, 4) is 0 Å². The van der Waals surface area contributed by atoms with Crippen molar-refractivity contribution in [2.24, 2.45) is 5.41 Å². The number of carboxylic acid groups (broad SMARTS) is 1. The highest BCUT2D eigenvalue weighted by molar-refractivity contribution is 6.99. The van der Waals surface area contributed by atoms with Crippen LogP contribution >= 0.6 is 0 Å². The molecular weight excluding hydrogens is 418 g/mol. The van der Waals surface area contributed by atoms with E-state index in [2.05, 4.69) is 45.0 Å². The topological polar surface area (TPSA) is 66.8 Å². The van der Waals surface area contributed by atoms with Gasteiger partial charge in [-0.1, -0.05) is 102 Å². The summed E-state index contributed by atoms with van der Waals surface area (Å²) in [5, 5.41) is 11.6. The highest BCUT2D eigenvalue weighted by atomic mass is 28.4. The first-order chi connectivity index (χ1) is 14.8. The van der Waals surface area contributed by atoms with E-state index in [1.54, 1.807) is 0 Å². The molecular formula is C26H35NO4Si. The first-order valence-electron chi connectivity index (χ1n) is 11.2. The van der Waals surface area contributed by atoms with E-state index >= 15 is 0 Å². The average molecular weight is 454 g/mol. The summed E-state index contributed by atoms with van der Waals surface area (Å²) in [6.45, 7) is 12.7. The van der Waals surface area contributed by atoms with Crippen molar-refractivity contribution in [1.82, 2.24) is 4.90 Å². The monoisotopic (exact) mass is 453 g/mol. The molecule has 0 aliphatic carbocycles. The van der Waals surface area contributed by atoms with Crippen molar-refractivity contribution in [3.63, 3.8) is 0 Å². The molecule has 0 bridgehead atoms. The molecule has 1 heterocycles. The Morgan fingerprint density at radius 3 is 1.78 bits per heavy atom. The number of nitrogens with zero attached hydrogens (tertiary/aromatic N) is 1. The maximum atomic E-state index is 13.7. The second-order valence-corrected chi connectivity index (χ2v) is 14.9. The van der Waals surface area contributed by atoms with Gasteiger partial charge in [-0.25, -0.2) is 4.79 Å². The van der Waals surface area contributed by atoms with E-state index in [1.807, 2.05) is 57.2 Å². The summed E-state index contributed by atoms with van der Waals surface area (Å²) in [7, 11) is -3.07. The van der Waals surface area contributed by atoms with Crippen LogP contribution in [0, 0.1) is 5.41 Å². The van der Waals surface area contributed by atoms with E-state index < -0.39 is 25.4 Å². The van der Waals surface area contributed by atoms with Gasteiger partial charge in [0.25, 0.3) is 8.32 Å². The predicted molar refractivity (Wildman–Crippen MR) is 130 cm³/mol. The quantitative estimate of drug-likeness (QED) is 0.701. The lowest BCUT2D eigenvalue weighted by atomic mass is 9.71. The van der Waals surface area contributed by atoms with Crippen molar-refractivity contribution < 1.29 is 19.1 Å². The second-order valence-electron chi connectivity index (χ2n) is 10.7. The third-order valence-electron chi connectivity index (χ3n) is 6.70. The fraction of sp³-hybridized carbons (Fsp3) is 0.462. The van der Waals surface area contributed by atoms with Crippen molar-refractivity contribution in [3.05, 3.63) is 60.7 Å². The highest BCUT2D eigenvalue weighted by Crippen LogP contribution is 2.46. The summed E-state index contributed by atoms with van der Waals surface area (Å²) in [5.41, 5.74) is -1.86. The first-order valence-corrected chi connectivity index (χ1v) is 13.1. The molecule has 1 amide bonds. The van der Waals surface area contributed by atoms with Gasteiger partial charge in [-0.05, 0) is 20.8 Å². The van der Waals surface area contributed by atoms with Crippen molar-refractivity contribution >= 4 is 30.6 Å². The van der Waals surface area contributed by atoms with Crippen LogP contribution in [-0.2, 0) is 9.22 Å². The normalized spacial score (nSPS) is 20.3. The lowest BCUT2D eigenvalue weighted by Gasteiger charge is -2.55. The molecule has 1 N–H and O–H groups in total. The van der Waals surface area contributed by atoms with Crippen LogP contribution in [-0.4, -0.2) is 48.9 Å². The summed E-state index contributed by atoms with van der Waals surface area (Å²) >= 11 is 0. The number of carbonyl (C=O) groups excluding carboxylic acids is 1. The van der Waals surface area contributed by atoms with E-state index in [1.165, 1.54) is 4.90 Å². The molecule has 32 heavy (non-hydrogen) atoms. The first kappa shape index (κ1) is 24.2. The predicted octanol–water partition coefficient (Wildman–Crippen LogP) is 4.30. The molecule has 3 rings (SSSR count). The molecule has 6 heteroatoms. The Balaban J connectivity index is 2.33. The van der Waals surface area contributed by atoms with Crippen LogP contribution in [0.5, 0.6) is 0 Å². The molecule has 1 unspecified atom stereocenters. The Hall–Kier alpha value is -2.44. The summed E-state index contributed by atoms with van der Waals surface area (Å²) in [5.74, 6) is -0.0181. The lowest BCUT2D eigenvalue weighted by Crippen LogP contribution is -2.75. The van der Waals surface area contributed by atoms with E-state index in [-0.39, 0.29) is 30.3 Å². The molecule has 5 nitrogen and oxygen atoms in total. The number of amides is 1. The molecule has 1 saturated heterocycles. The molecule has 0 radical (unpaired) electrons.